The van der Waals surface area contributed by atoms with Crippen LogP contribution in [0.15, 0.2) is 62.8 Å². The van der Waals surface area contributed by atoms with Gasteiger partial charge in [-0.15, -0.1) is 0 Å². The van der Waals surface area contributed by atoms with Gasteiger partial charge in [-0.3, -0.25) is 0 Å². The number of rotatable bonds is 3. The zero-order valence-corrected chi connectivity index (χ0v) is 13.0. The SMILES string of the molecule is N#C/C(=C/c1cc(Br)ccc1F)S(=O)(=O)c1ccccc1. The first-order chi connectivity index (χ1) is 9.95. The number of halogens is 2. The van der Waals surface area contributed by atoms with Crippen molar-refractivity contribution in [3.63, 3.8) is 0 Å². The van der Waals surface area contributed by atoms with Gasteiger partial charge in [-0.2, -0.15) is 5.26 Å². The molecular formula is C15H9BrFNO2S. The molecule has 0 unspecified atom stereocenters. The van der Waals surface area contributed by atoms with Gasteiger partial charge in [-0.25, -0.2) is 12.8 Å². The molecule has 0 aliphatic rings. The van der Waals surface area contributed by atoms with E-state index in [1.54, 1.807) is 24.3 Å². The van der Waals surface area contributed by atoms with Crippen molar-refractivity contribution in [2.24, 2.45) is 0 Å². The molecule has 106 valence electrons. The summed E-state index contributed by atoms with van der Waals surface area (Å²) in [5, 5.41) is 9.11. The third-order valence-corrected chi connectivity index (χ3v) is 4.87. The lowest BCUT2D eigenvalue weighted by molar-refractivity contribution is 0.603. The third kappa shape index (κ3) is 3.38. The Morgan fingerprint density at radius 3 is 2.48 bits per heavy atom. The van der Waals surface area contributed by atoms with E-state index in [9.17, 15) is 12.8 Å². The number of benzene rings is 2. The van der Waals surface area contributed by atoms with Crippen molar-refractivity contribution in [3.8, 4) is 6.07 Å². The predicted molar refractivity (Wildman–Crippen MR) is 81.3 cm³/mol. The molecule has 2 aromatic rings. The average molecular weight is 366 g/mol. The van der Waals surface area contributed by atoms with Crippen LogP contribution < -0.4 is 0 Å². The molecule has 0 aliphatic heterocycles. The van der Waals surface area contributed by atoms with E-state index >= 15 is 0 Å². The molecule has 3 nitrogen and oxygen atoms in total. The first kappa shape index (κ1) is 15.4. The topological polar surface area (TPSA) is 57.9 Å². The number of sulfone groups is 1. The fourth-order valence-electron chi connectivity index (χ4n) is 1.66. The Balaban J connectivity index is 2.57. The lowest BCUT2D eigenvalue weighted by Gasteiger charge is -2.04. The standard InChI is InChI=1S/C15H9BrFNO2S/c16-12-6-7-15(17)11(8-12)9-14(10-18)21(19,20)13-4-2-1-3-5-13/h1-9H/b14-9-. The maximum absolute atomic E-state index is 13.7. The molecule has 0 bridgehead atoms. The van der Waals surface area contributed by atoms with Crippen molar-refractivity contribution in [1.29, 1.82) is 5.26 Å². The normalized spacial score (nSPS) is 12.0. The van der Waals surface area contributed by atoms with E-state index in [0.29, 0.717) is 4.47 Å². The molecule has 0 atom stereocenters. The van der Waals surface area contributed by atoms with Gasteiger partial charge in [0.1, 0.15) is 16.8 Å². The predicted octanol–water partition coefficient (Wildman–Crippen LogP) is 3.93. The number of nitrogens with zero attached hydrogens (tertiary/aromatic N) is 1. The quantitative estimate of drug-likeness (QED) is 0.774. The van der Waals surface area contributed by atoms with Gasteiger partial charge in [0.05, 0.1) is 4.90 Å². The Bertz CT molecular complexity index is 840. The van der Waals surface area contributed by atoms with Crippen LogP contribution in [0.25, 0.3) is 6.08 Å². The van der Waals surface area contributed by atoms with Gasteiger partial charge in [0.25, 0.3) is 0 Å². The largest absolute Gasteiger partial charge is 0.218 e. The van der Waals surface area contributed by atoms with E-state index in [4.69, 9.17) is 5.26 Å². The van der Waals surface area contributed by atoms with Gasteiger partial charge in [0, 0.05) is 10.0 Å². The first-order valence-corrected chi connectivity index (χ1v) is 8.10. The zero-order valence-electron chi connectivity index (χ0n) is 10.6. The highest BCUT2D eigenvalue weighted by molar-refractivity contribution is 9.10. The Labute approximate surface area is 130 Å². The highest BCUT2D eigenvalue weighted by Crippen LogP contribution is 2.23. The smallest absolute Gasteiger partial charge is 0.216 e. The number of hydrogen-bond acceptors (Lipinski definition) is 3. The summed E-state index contributed by atoms with van der Waals surface area (Å²) in [6, 6.07) is 13.3. The van der Waals surface area contributed by atoms with Gasteiger partial charge in [-0.1, -0.05) is 34.1 Å². The van der Waals surface area contributed by atoms with Crippen LogP contribution >= 0.6 is 15.9 Å². The van der Waals surface area contributed by atoms with E-state index in [-0.39, 0.29) is 10.5 Å². The van der Waals surface area contributed by atoms with Crippen LogP contribution in [0.5, 0.6) is 0 Å². The summed E-state index contributed by atoms with van der Waals surface area (Å²) >= 11 is 3.18. The Kier molecular flexibility index (Phi) is 4.56. The fraction of sp³-hybridized carbons (Fsp3) is 0. The fourth-order valence-corrected chi connectivity index (χ4v) is 3.21. The lowest BCUT2D eigenvalue weighted by atomic mass is 10.2. The molecule has 0 spiro atoms. The third-order valence-electron chi connectivity index (χ3n) is 2.70. The molecule has 0 aromatic heterocycles. The molecule has 2 aromatic carbocycles. The minimum absolute atomic E-state index is 0.00629. The van der Waals surface area contributed by atoms with Crippen LogP contribution in [0.2, 0.25) is 0 Å². The summed E-state index contributed by atoms with van der Waals surface area (Å²) in [6.07, 6.45) is 1.03. The second-order valence-corrected chi connectivity index (χ2v) is 6.94. The van der Waals surface area contributed by atoms with Gasteiger partial charge in [0.15, 0.2) is 0 Å². The van der Waals surface area contributed by atoms with Crippen LogP contribution in [0.4, 0.5) is 4.39 Å². The van der Waals surface area contributed by atoms with Crippen LogP contribution in [-0.2, 0) is 9.84 Å². The van der Waals surface area contributed by atoms with Gasteiger partial charge in [0.2, 0.25) is 9.84 Å². The molecule has 0 saturated carbocycles. The van der Waals surface area contributed by atoms with Gasteiger partial charge in [-0.05, 0) is 36.4 Å². The van der Waals surface area contributed by atoms with E-state index in [2.05, 4.69) is 15.9 Å². The minimum Gasteiger partial charge on any atom is -0.218 e. The molecule has 0 saturated heterocycles. The molecule has 2 rings (SSSR count). The van der Waals surface area contributed by atoms with Crippen molar-refractivity contribution < 1.29 is 12.8 Å². The van der Waals surface area contributed by atoms with Crippen molar-refractivity contribution in [2.75, 3.05) is 0 Å². The van der Waals surface area contributed by atoms with E-state index < -0.39 is 20.6 Å². The Morgan fingerprint density at radius 2 is 1.86 bits per heavy atom. The van der Waals surface area contributed by atoms with Crippen LogP contribution in [-0.4, -0.2) is 8.42 Å². The van der Waals surface area contributed by atoms with Crippen molar-refractivity contribution >= 4 is 31.8 Å². The van der Waals surface area contributed by atoms with Crippen molar-refractivity contribution in [3.05, 3.63) is 69.3 Å². The molecule has 6 heteroatoms. The van der Waals surface area contributed by atoms with Gasteiger partial charge < -0.3 is 0 Å². The van der Waals surface area contributed by atoms with Crippen molar-refractivity contribution in [2.45, 2.75) is 4.90 Å². The van der Waals surface area contributed by atoms with Gasteiger partial charge >= 0.3 is 0 Å². The van der Waals surface area contributed by atoms with Crippen molar-refractivity contribution in [1.82, 2.24) is 0 Å². The molecule has 0 heterocycles. The highest BCUT2D eigenvalue weighted by Gasteiger charge is 2.20. The summed E-state index contributed by atoms with van der Waals surface area (Å²) in [7, 11) is -3.96. The van der Waals surface area contributed by atoms with E-state index in [0.717, 1.165) is 6.08 Å². The molecule has 0 radical (unpaired) electrons. The number of hydrogen-bond donors (Lipinski definition) is 0. The first-order valence-electron chi connectivity index (χ1n) is 5.82. The molecule has 0 N–H and O–H groups in total. The maximum Gasteiger partial charge on any atom is 0.216 e. The van der Waals surface area contributed by atoms with E-state index in [1.807, 2.05) is 0 Å². The highest BCUT2D eigenvalue weighted by atomic mass is 79.9. The Morgan fingerprint density at radius 1 is 1.19 bits per heavy atom. The number of allylic oxidation sites excluding steroid dienone is 1. The lowest BCUT2D eigenvalue weighted by Crippen LogP contribution is -2.03. The molecular weight excluding hydrogens is 357 g/mol. The summed E-state index contributed by atoms with van der Waals surface area (Å²) < 4.78 is 39.0. The summed E-state index contributed by atoms with van der Waals surface area (Å²) in [6.45, 7) is 0. The molecule has 0 aliphatic carbocycles. The molecule has 0 fully saturated rings. The monoisotopic (exact) mass is 365 g/mol. The molecule has 0 amide bonds. The number of nitriles is 1. The minimum atomic E-state index is -3.96. The summed E-state index contributed by atoms with van der Waals surface area (Å²) in [5.74, 6) is -0.603. The van der Waals surface area contributed by atoms with Crippen LogP contribution in [0.1, 0.15) is 5.56 Å². The maximum atomic E-state index is 13.7. The van der Waals surface area contributed by atoms with E-state index in [1.165, 1.54) is 30.3 Å². The van der Waals surface area contributed by atoms with Crippen LogP contribution in [0.3, 0.4) is 0 Å². The second-order valence-electron chi connectivity index (χ2n) is 4.10. The summed E-state index contributed by atoms with van der Waals surface area (Å²) in [4.78, 5) is -0.515. The Hall–Kier alpha value is -1.97. The zero-order chi connectivity index (χ0) is 15.5. The second kappa shape index (κ2) is 6.20. The molecule has 21 heavy (non-hydrogen) atoms. The van der Waals surface area contributed by atoms with Crippen LogP contribution in [0, 0.1) is 17.1 Å². The average Bonchev–Trinajstić information content (AvgIpc) is 2.48. The summed E-state index contributed by atoms with van der Waals surface area (Å²) in [5.41, 5.74) is 0.0282.